The van der Waals surface area contributed by atoms with Gasteiger partial charge in [0.05, 0.1) is 31.1 Å². The minimum atomic E-state index is -0.431. The maximum atomic E-state index is 11.9. The van der Waals surface area contributed by atoms with Gasteiger partial charge < -0.3 is 15.4 Å². The molecule has 2 aromatic rings. The highest BCUT2D eigenvalue weighted by atomic mass is 35.5. The third kappa shape index (κ3) is 3.00. The standard InChI is InChI=1S/C12H16ClN5O2/c1-2-8(11-14-3-4-15-11)17-9-7-16-18(5-6-19)12(20)10(9)13/h3-4,7-8,17,19H,2,5-6H2,1H3,(H,14,15). The molecule has 2 aromatic heterocycles. The van der Waals surface area contributed by atoms with Gasteiger partial charge in [-0.2, -0.15) is 5.10 Å². The predicted molar refractivity (Wildman–Crippen MR) is 75.8 cm³/mol. The maximum Gasteiger partial charge on any atom is 0.287 e. The second-order valence-electron chi connectivity index (χ2n) is 4.20. The van der Waals surface area contributed by atoms with Crippen molar-refractivity contribution in [2.45, 2.75) is 25.9 Å². The summed E-state index contributed by atoms with van der Waals surface area (Å²) in [4.78, 5) is 19.1. The first-order valence-corrected chi connectivity index (χ1v) is 6.67. The third-order valence-electron chi connectivity index (χ3n) is 2.88. The number of hydrogen-bond donors (Lipinski definition) is 3. The zero-order chi connectivity index (χ0) is 14.5. The summed E-state index contributed by atoms with van der Waals surface area (Å²) in [7, 11) is 0. The van der Waals surface area contributed by atoms with Crippen molar-refractivity contribution in [1.29, 1.82) is 0 Å². The van der Waals surface area contributed by atoms with E-state index in [1.165, 1.54) is 6.20 Å². The van der Waals surface area contributed by atoms with E-state index < -0.39 is 5.56 Å². The molecule has 0 fully saturated rings. The molecule has 2 heterocycles. The lowest BCUT2D eigenvalue weighted by molar-refractivity contribution is 0.266. The fraction of sp³-hybridized carbons (Fsp3) is 0.417. The zero-order valence-corrected chi connectivity index (χ0v) is 11.8. The van der Waals surface area contributed by atoms with Gasteiger partial charge in [0.2, 0.25) is 0 Å². The third-order valence-corrected chi connectivity index (χ3v) is 3.25. The van der Waals surface area contributed by atoms with Crippen LogP contribution >= 0.6 is 11.6 Å². The highest BCUT2D eigenvalue weighted by molar-refractivity contribution is 6.32. The van der Waals surface area contributed by atoms with Crippen LogP contribution in [0.1, 0.15) is 25.2 Å². The number of aliphatic hydroxyl groups is 1. The number of imidazole rings is 1. The molecule has 0 spiro atoms. The Morgan fingerprint density at radius 1 is 1.60 bits per heavy atom. The molecule has 3 N–H and O–H groups in total. The SMILES string of the molecule is CCC(Nc1cnn(CCO)c(=O)c1Cl)c1ncc[nH]1. The lowest BCUT2D eigenvalue weighted by Gasteiger charge is -2.17. The summed E-state index contributed by atoms with van der Waals surface area (Å²) in [5, 5.41) is 16.0. The first-order chi connectivity index (χ1) is 9.67. The van der Waals surface area contributed by atoms with Crippen molar-refractivity contribution < 1.29 is 5.11 Å². The van der Waals surface area contributed by atoms with Gasteiger partial charge in [-0.25, -0.2) is 9.67 Å². The van der Waals surface area contributed by atoms with Crippen molar-refractivity contribution in [1.82, 2.24) is 19.7 Å². The summed E-state index contributed by atoms with van der Waals surface area (Å²) in [6, 6.07) is -0.0857. The largest absolute Gasteiger partial charge is 0.394 e. The van der Waals surface area contributed by atoms with Crippen LogP contribution < -0.4 is 10.9 Å². The number of rotatable bonds is 6. The minimum absolute atomic E-state index is 0.0541. The number of aromatic amines is 1. The number of aliphatic hydroxyl groups excluding tert-OH is 1. The number of nitrogens with one attached hydrogen (secondary N) is 2. The van der Waals surface area contributed by atoms with Crippen LogP contribution in [-0.2, 0) is 6.54 Å². The highest BCUT2D eigenvalue weighted by Gasteiger charge is 2.15. The smallest absolute Gasteiger partial charge is 0.287 e. The fourth-order valence-electron chi connectivity index (χ4n) is 1.84. The van der Waals surface area contributed by atoms with Crippen LogP contribution in [0.25, 0.3) is 0 Å². The number of anilines is 1. The predicted octanol–water partition coefficient (Wildman–Crippen LogP) is 1.18. The van der Waals surface area contributed by atoms with E-state index in [1.54, 1.807) is 12.4 Å². The monoisotopic (exact) mass is 297 g/mol. The molecule has 0 bridgehead atoms. The molecule has 0 aliphatic carbocycles. The van der Waals surface area contributed by atoms with Gasteiger partial charge in [-0.3, -0.25) is 4.79 Å². The lowest BCUT2D eigenvalue weighted by atomic mass is 10.2. The molecule has 1 unspecified atom stereocenters. The Bertz CT molecular complexity index is 611. The number of hydrogen-bond acceptors (Lipinski definition) is 5. The molecule has 7 nitrogen and oxygen atoms in total. The summed E-state index contributed by atoms with van der Waals surface area (Å²) < 4.78 is 1.13. The molecule has 0 saturated carbocycles. The molecular weight excluding hydrogens is 282 g/mol. The number of halogens is 1. The summed E-state index contributed by atoms with van der Waals surface area (Å²) in [6.07, 6.45) is 5.64. The van der Waals surface area contributed by atoms with Gasteiger partial charge in [-0.15, -0.1) is 0 Å². The van der Waals surface area contributed by atoms with Crippen molar-refractivity contribution in [2.75, 3.05) is 11.9 Å². The van der Waals surface area contributed by atoms with Crippen LogP contribution in [0.3, 0.4) is 0 Å². The summed E-state index contributed by atoms with van der Waals surface area (Å²) >= 11 is 6.05. The Kier molecular flexibility index (Phi) is 4.75. The average molecular weight is 298 g/mol. The summed E-state index contributed by atoms with van der Waals surface area (Å²) in [5.41, 5.74) is 0.0223. The maximum absolute atomic E-state index is 11.9. The zero-order valence-electron chi connectivity index (χ0n) is 11.0. The van der Waals surface area contributed by atoms with Crippen molar-refractivity contribution in [3.05, 3.63) is 39.8 Å². The molecule has 0 radical (unpaired) electrons. The molecular formula is C12H16ClN5O2. The van der Waals surface area contributed by atoms with Gasteiger partial charge in [0.15, 0.2) is 0 Å². The fourth-order valence-corrected chi connectivity index (χ4v) is 2.04. The van der Waals surface area contributed by atoms with Gasteiger partial charge in [0, 0.05) is 12.4 Å². The van der Waals surface area contributed by atoms with Crippen molar-refractivity contribution in [3.8, 4) is 0 Å². The van der Waals surface area contributed by atoms with Crippen LogP contribution in [0.15, 0.2) is 23.4 Å². The first-order valence-electron chi connectivity index (χ1n) is 6.29. The molecule has 0 aliphatic heterocycles. The molecule has 8 heteroatoms. The van der Waals surface area contributed by atoms with E-state index in [0.29, 0.717) is 5.69 Å². The Balaban J connectivity index is 2.25. The van der Waals surface area contributed by atoms with Gasteiger partial charge in [-0.1, -0.05) is 18.5 Å². The second kappa shape index (κ2) is 6.53. The van der Waals surface area contributed by atoms with E-state index in [9.17, 15) is 4.79 Å². The van der Waals surface area contributed by atoms with Crippen LogP contribution in [0.4, 0.5) is 5.69 Å². The van der Waals surface area contributed by atoms with E-state index >= 15 is 0 Å². The molecule has 20 heavy (non-hydrogen) atoms. The lowest BCUT2D eigenvalue weighted by Crippen LogP contribution is -2.26. The summed E-state index contributed by atoms with van der Waals surface area (Å²) in [5.74, 6) is 0.767. The quantitative estimate of drug-likeness (QED) is 0.744. The van der Waals surface area contributed by atoms with Crippen LogP contribution in [0.5, 0.6) is 0 Å². The van der Waals surface area contributed by atoms with Gasteiger partial charge in [-0.05, 0) is 6.42 Å². The highest BCUT2D eigenvalue weighted by Crippen LogP contribution is 2.23. The first kappa shape index (κ1) is 14.5. The topological polar surface area (TPSA) is 95.8 Å². The number of nitrogens with zero attached hydrogens (tertiary/aromatic N) is 3. The molecule has 2 rings (SSSR count). The number of aromatic nitrogens is 4. The van der Waals surface area contributed by atoms with Gasteiger partial charge in [0.1, 0.15) is 10.8 Å². The molecule has 1 atom stereocenters. The van der Waals surface area contributed by atoms with E-state index in [4.69, 9.17) is 16.7 Å². The number of H-pyrrole nitrogens is 1. The van der Waals surface area contributed by atoms with Crippen molar-refractivity contribution >= 4 is 17.3 Å². The van der Waals surface area contributed by atoms with E-state index in [1.807, 2.05) is 6.92 Å². The molecule has 108 valence electrons. The Labute approximate surface area is 120 Å². The molecule has 0 aliphatic rings. The Morgan fingerprint density at radius 3 is 3.00 bits per heavy atom. The van der Waals surface area contributed by atoms with Gasteiger partial charge in [0.25, 0.3) is 5.56 Å². The van der Waals surface area contributed by atoms with Crippen LogP contribution in [-0.4, -0.2) is 31.5 Å². The Hall–Kier alpha value is -1.86. The van der Waals surface area contributed by atoms with Crippen LogP contribution in [0, 0.1) is 0 Å². The van der Waals surface area contributed by atoms with Crippen molar-refractivity contribution in [2.24, 2.45) is 0 Å². The van der Waals surface area contributed by atoms with Crippen LogP contribution in [0.2, 0.25) is 5.02 Å². The molecule has 0 aromatic carbocycles. The average Bonchev–Trinajstić information content (AvgIpc) is 2.97. The van der Waals surface area contributed by atoms with E-state index in [2.05, 4.69) is 20.4 Å². The van der Waals surface area contributed by atoms with Gasteiger partial charge >= 0.3 is 0 Å². The second-order valence-corrected chi connectivity index (χ2v) is 4.58. The van der Waals surface area contributed by atoms with Crippen molar-refractivity contribution in [3.63, 3.8) is 0 Å². The van der Waals surface area contributed by atoms with E-state index in [0.717, 1.165) is 16.9 Å². The summed E-state index contributed by atoms with van der Waals surface area (Å²) in [6.45, 7) is 1.95. The molecule has 0 amide bonds. The molecule has 0 saturated heterocycles. The normalized spacial score (nSPS) is 12.3. The van der Waals surface area contributed by atoms with E-state index in [-0.39, 0.29) is 24.2 Å². The Morgan fingerprint density at radius 2 is 2.40 bits per heavy atom. The minimum Gasteiger partial charge on any atom is -0.394 e.